The first-order chi connectivity index (χ1) is 14.8. The zero-order chi connectivity index (χ0) is 21.8. The Labute approximate surface area is 181 Å². The first-order valence-electron chi connectivity index (χ1n) is 11.3. The van der Waals surface area contributed by atoms with E-state index in [-0.39, 0.29) is 33.5 Å². The van der Waals surface area contributed by atoms with Gasteiger partial charge in [0.1, 0.15) is 12.4 Å². The van der Waals surface area contributed by atoms with Crippen LogP contribution in [0.4, 0.5) is 5.69 Å². The van der Waals surface area contributed by atoms with Gasteiger partial charge in [-0.15, -0.1) is 0 Å². The van der Waals surface area contributed by atoms with Gasteiger partial charge in [-0.3, -0.25) is 24.3 Å². The Hall–Kier alpha value is -2.71. The third kappa shape index (κ3) is 3.43. The van der Waals surface area contributed by atoms with E-state index in [1.54, 1.807) is 12.4 Å². The van der Waals surface area contributed by atoms with Gasteiger partial charge in [0.15, 0.2) is 0 Å². The van der Waals surface area contributed by atoms with Crippen LogP contribution in [0.25, 0.3) is 0 Å². The van der Waals surface area contributed by atoms with Crippen LogP contribution in [0.3, 0.4) is 0 Å². The van der Waals surface area contributed by atoms with Crippen molar-refractivity contribution < 1.29 is 9.72 Å². The van der Waals surface area contributed by atoms with Crippen molar-refractivity contribution in [2.75, 3.05) is 0 Å². The molecule has 31 heavy (non-hydrogen) atoms. The summed E-state index contributed by atoms with van der Waals surface area (Å²) in [6.07, 6.45) is 11.5. The molecule has 0 spiro atoms. The van der Waals surface area contributed by atoms with E-state index in [0.29, 0.717) is 18.3 Å². The highest BCUT2D eigenvalue weighted by atomic mass is 16.6. The molecule has 4 aliphatic rings. The smallest absolute Gasteiger partial charge is 0.307 e. The monoisotopic (exact) mass is 426 g/mol. The number of hydrogen-bond acceptors (Lipinski definition) is 5. The summed E-state index contributed by atoms with van der Waals surface area (Å²) in [6, 6.07) is 1.87. The molecule has 4 bridgehead atoms. The number of rotatable bonds is 7. The second-order valence-electron chi connectivity index (χ2n) is 10.1. The summed E-state index contributed by atoms with van der Waals surface area (Å²) in [5.74, 6) is 1.22. The fourth-order valence-corrected chi connectivity index (χ4v) is 7.23. The van der Waals surface area contributed by atoms with Crippen LogP contribution in [0.2, 0.25) is 0 Å². The minimum atomic E-state index is -0.379. The normalized spacial score (nSPS) is 32.2. The van der Waals surface area contributed by atoms with Crippen LogP contribution in [0.1, 0.15) is 70.5 Å². The molecule has 166 valence electrons. The largest absolute Gasteiger partial charge is 0.348 e. The lowest BCUT2D eigenvalue weighted by Gasteiger charge is -2.61. The predicted molar refractivity (Wildman–Crippen MR) is 113 cm³/mol. The van der Waals surface area contributed by atoms with Gasteiger partial charge >= 0.3 is 5.69 Å². The Morgan fingerprint density at radius 2 is 2.06 bits per heavy atom. The Morgan fingerprint density at radius 3 is 2.71 bits per heavy atom. The van der Waals surface area contributed by atoms with Gasteiger partial charge in [0.05, 0.1) is 22.2 Å². The Morgan fingerprint density at radius 1 is 1.32 bits per heavy atom. The lowest BCUT2D eigenvalue weighted by molar-refractivity contribution is -0.385. The maximum absolute atomic E-state index is 13.1. The van der Waals surface area contributed by atoms with E-state index in [4.69, 9.17) is 0 Å². The zero-order valence-electron chi connectivity index (χ0n) is 18.2. The third-order valence-electron chi connectivity index (χ3n) is 7.82. The number of nitro groups is 1. The highest BCUT2D eigenvalue weighted by Crippen LogP contribution is 2.65. The SMILES string of the molecule is CCn1nccc1C(C)NC(=O)CC12CC3CC(C1)CC(n1cc([N+](=O)[O-])cn1)(C3)C2. The molecule has 2 aromatic rings. The van der Waals surface area contributed by atoms with Gasteiger partial charge in [-0.25, -0.2) is 0 Å². The van der Waals surface area contributed by atoms with Crippen molar-refractivity contribution in [3.05, 3.63) is 40.5 Å². The van der Waals surface area contributed by atoms with E-state index in [0.717, 1.165) is 44.3 Å². The van der Waals surface area contributed by atoms with Gasteiger partial charge in [0.2, 0.25) is 5.91 Å². The first-order valence-corrected chi connectivity index (χ1v) is 11.3. The van der Waals surface area contributed by atoms with Crippen molar-refractivity contribution in [1.82, 2.24) is 24.9 Å². The topological polar surface area (TPSA) is 108 Å². The molecule has 6 rings (SSSR count). The van der Waals surface area contributed by atoms with Crippen molar-refractivity contribution >= 4 is 11.6 Å². The van der Waals surface area contributed by atoms with Crippen LogP contribution in [0, 0.1) is 27.4 Å². The third-order valence-corrected chi connectivity index (χ3v) is 7.82. The summed E-state index contributed by atoms with van der Waals surface area (Å²) in [4.78, 5) is 23.9. The standard InChI is InChI=1S/C22H30N6O3/c1-3-26-19(4-5-23-26)15(2)25-20(29)11-21-7-16-6-17(8-21)10-22(9-16,14-21)27-13-18(12-24-27)28(30)31/h4-5,12-13,15-17H,3,6-11,14H2,1-2H3,(H,25,29). The molecule has 4 aliphatic carbocycles. The summed E-state index contributed by atoms with van der Waals surface area (Å²) in [5.41, 5.74) is 0.829. The molecule has 0 aromatic carbocycles. The molecule has 4 fully saturated rings. The van der Waals surface area contributed by atoms with Crippen molar-refractivity contribution in [2.24, 2.45) is 17.3 Å². The number of amides is 1. The number of aromatic nitrogens is 4. The molecule has 9 nitrogen and oxygen atoms in total. The molecule has 0 saturated heterocycles. The molecular formula is C22H30N6O3. The van der Waals surface area contributed by atoms with E-state index in [1.165, 1.54) is 12.6 Å². The minimum absolute atomic E-state index is 0.0420. The van der Waals surface area contributed by atoms with Gasteiger partial charge in [-0.2, -0.15) is 10.2 Å². The molecule has 4 saturated carbocycles. The summed E-state index contributed by atoms with van der Waals surface area (Å²) in [7, 11) is 0. The quantitative estimate of drug-likeness (QED) is 0.538. The molecule has 1 amide bonds. The van der Waals surface area contributed by atoms with E-state index >= 15 is 0 Å². The summed E-state index contributed by atoms with van der Waals surface area (Å²) >= 11 is 0. The van der Waals surface area contributed by atoms with Crippen LogP contribution < -0.4 is 5.32 Å². The number of carbonyl (C=O) groups is 1. The fraction of sp³-hybridized carbons (Fsp3) is 0.682. The molecule has 3 atom stereocenters. The van der Waals surface area contributed by atoms with Gasteiger partial charge in [0, 0.05) is 19.2 Å². The van der Waals surface area contributed by atoms with E-state index < -0.39 is 0 Å². The van der Waals surface area contributed by atoms with Crippen molar-refractivity contribution in [3.8, 4) is 0 Å². The average Bonchev–Trinajstić information content (AvgIpc) is 3.36. The fourth-order valence-electron chi connectivity index (χ4n) is 7.23. The van der Waals surface area contributed by atoms with Gasteiger partial charge in [0.25, 0.3) is 0 Å². The first kappa shape index (κ1) is 20.2. The maximum atomic E-state index is 13.1. The summed E-state index contributed by atoms with van der Waals surface area (Å²) in [5, 5.41) is 23.1. The Balaban J connectivity index is 1.34. The minimum Gasteiger partial charge on any atom is -0.348 e. The van der Waals surface area contributed by atoms with Crippen LogP contribution in [0.5, 0.6) is 0 Å². The Bertz CT molecular complexity index is 997. The molecule has 2 aromatic heterocycles. The molecule has 2 heterocycles. The highest BCUT2D eigenvalue weighted by molar-refractivity contribution is 5.77. The van der Waals surface area contributed by atoms with Crippen LogP contribution >= 0.6 is 0 Å². The lowest BCUT2D eigenvalue weighted by atomic mass is 9.46. The van der Waals surface area contributed by atoms with E-state index in [2.05, 4.69) is 15.5 Å². The lowest BCUT2D eigenvalue weighted by Crippen LogP contribution is -2.57. The number of carbonyl (C=O) groups excluding carboxylic acids is 1. The van der Waals surface area contributed by atoms with Gasteiger partial charge in [-0.1, -0.05) is 0 Å². The maximum Gasteiger partial charge on any atom is 0.307 e. The second kappa shape index (κ2) is 7.17. The van der Waals surface area contributed by atoms with Crippen molar-refractivity contribution in [1.29, 1.82) is 0 Å². The molecule has 9 heteroatoms. The van der Waals surface area contributed by atoms with E-state index in [1.807, 2.05) is 29.3 Å². The number of nitrogens with zero attached hydrogens (tertiary/aromatic N) is 5. The van der Waals surface area contributed by atoms with Gasteiger partial charge in [-0.05, 0) is 75.7 Å². The number of nitrogens with one attached hydrogen (secondary N) is 1. The van der Waals surface area contributed by atoms with Crippen molar-refractivity contribution in [3.63, 3.8) is 0 Å². The van der Waals surface area contributed by atoms with Crippen LogP contribution in [0.15, 0.2) is 24.7 Å². The average molecular weight is 427 g/mol. The predicted octanol–water partition coefficient (Wildman–Crippen LogP) is 3.57. The van der Waals surface area contributed by atoms with Crippen LogP contribution in [-0.4, -0.2) is 30.4 Å². The number of hydrogen-bond donors (Lipinski definition) is 1. The molecule has 0 radical (unpaired) electrons. The number of aryl methyl sites for hydroxylation is 1. The summed E-state index contributed by atoms with van der Waals surface area (Å²) < 4.78 is 3.77. The molecule has 1 N–H and O–H groups in total. The van der Waals surface area contributed by atoms with E-state index in [9.17, 15) is 14.9 Å². The Kier molecular flexibility index (Phi) is 4.67. The zero-order valence-corrected chi connectivity index (χ0v) is 18.2. The van der Waals surface area contributed by atoms with Crippen molar-refractivity contribution in [2.45, 2.75) is 76.9 Å². The second-order valence-corrected chi connectivity index (χ2v) is 10.1. The molecular weight excluding hydrogens is 396 g/mol. The van der Waals surface area contributed by atoms with Crippen LogP contribution in [-0.2, 0) is 16.9 Å². The highest BCUT2D eigenvalue weighted by Gasteiger charge is 2.59. The molecule has 3 unspecified atom stereocenters. The summed E-state index contributed by atoms with van der Waals surface area (Å²) in [6.45, 7) is 4.82. The molecule has 0 aliphatic heterocycles. The van der Waals surface area contributed by atoms with Gasteiger partial charge < -0.3 is 5.32 Å².